The van der Waals surface area contributed by atoms with Crippen molar-refractivity contribution in [3.63, 3.8) is 0 Å². The van der Waals surface area contributed by atoms with Gasteiger partial charge in [0, 0.05) is 16.4 Å². The standard InChI is InChI=1S/C23H20ClN3O2S/c1-15-4-2-3-5-16(15)10-11-25-21(28)13-27-14-26-19-12-20(30-22(19)23(27)29)17-6-8-18(24)9-7-17/h2-9,12,14H,10-11,13H2,1H3,(H,25,28). The van der Waals surface area contributed by atoms with Gasteiger partial charge in [0.05, 0.1) is 11.8 Å². The average Bonchev–Trinajstić information content (AvgIpc) is 3.17. The highest BCUT2D eigenvalue weighted by atomic mass is 35.5. The molecule has 5 nitrogen and oxygen atoms in total. The highest BCUT2D eigenvalue weighted by Crippen LogP contribution is 2.31. The van der Waals surface area contributed by atoms with Crippen molar-refractivity contribution < 1.29 is 4.79 Å². The van der Waals surface area contributed by atoms with E-state index in [4.69, 9.17) is 11.6 Å². The van der Waals surface area contributed by atoms with Gasteiger partial charge < -0.3 is 5.32 Å². The summed E-state index contributed by atoms with van der Waals surface area (Å²) in [6, 6.07) is 17.4. The van der Waals surface area contributed by atoms with Crippen LogP contribution in [0.4, 0.5) is 0 Å². The molecule has 7 heteroatoms. The number of thiophene rings is 1. The summed E-state index contributed by atoms with van der Waals surface area (Å²) in [7, 11) is 0. The van der Waals surface area contributed by atoms with Crippen LogP contribution in [0.1, 0.15) is 11.1 Å². The predicted molar refractivity (Wildman–Crippen MR) is 122 cm³/mol. The fourth-order valence-corrected chi connectivity index (χ4v) is 4.44. The summed E-state index contributed by atoms with van der Waals surface area (Å²) >= 11 is 7.32. The maximum absolute atomic E-state index is 12.8. The maximum Gasteiger partial charge on any atom is 0.271 e. The topological polar surface area (TPSA) is 64.0 Å². The van der Waals surface area contributed by atoms with E-state index in [0.717, 1.165) is 16.9 Å². The van der Waals surface area contributed by atoms with Gasteiger partial charge in [0.25, 0.3) is 5.56 Å². The van der Waals surface area contributed by atoms with Crippen molar-refractivity contribution in [1.29, 1.82) is 0 Å². The lowest BCUT2D eigenvalue weighted by Gasteiger charge is -2.08. The van der Waals surface area contributed by atoms with Crippen LogP contribution in [0, 0.1) is 6.92 Å². The third-order valence-corrected chi connectivity index (χ3v) is 6.34. The van der Waals surface area contributed by atoms with E-state index in [1.165, 1.54) is 33.4 Å². The van der Waals surface area contributed by atoms with Crippen molar-refractivity contribution in [3.8, 4) is 10.4 Å². The van der Waals surface area contributed by atoms with E-state index in [2.05, 4.69) is 29.4 Å². The number of carbonyl (C=O) groups excluding carboxylic acids is 1. The fourth-order valence-electron chi connectivity index (χ4n) is 3.25. The number of aromatic nitrogens is 2. The summed E-state index contributed by atoms with van der Waals surface area (Å²) in [5.41, 5.74) is 3.80. The maximum atomic E-state index is 12.8. The van der Waals surface area contributed by atoms with Gasteiger partial charge in [0.15, 0.2) is 0 Å². The number of nitrogens with zero attached hydrogens (tertiary/aromatic N) is 2. The monoisotopic (exact) mass is 437 g/mol. The van der Waals surface area contributed by atoms with Crippen LogP contribution in [0.5, 0.6) is 0 Å². The zero-order valence-corrected chi connectivity index (χ0v) is 18.0. The van der Waals surface area contributed by atoms with E-state index in [1.54, 1.807) is 0 Å². The van der Waals surface area contributed by atoms with Crippen molar-refractivity contribution in [1.82, 2.24) is 14.9 Å². The summed E-state index contributed by atoms with van der Waals surface area (Å²) < 4.78 is 1.89. The molecule has 0 aliphatic carbocycles. The molecule has 0 bridgehead atoms. The largest absolute Gasteiger partial charge is 0.354 e. The lowest BCUT2D eigenvalue weighted by molar-refractivity contribution is -0.121. The van der Waals surface area contributed by atoms with E-state index in [0.29, 0.717) is 21.8 Å². The van der Waals surface area contributed by atoms with Gasteiger partial charge in [0.1, 0.15) is 11.2 Å². The van der Waals surface area contributed by atoms with Gasteiger partial charge in [-0.25, -0.2) is 4.98 Å². The molecule has 4 rings (SSSR count). The van der Waals surface area contributed by atoms with Gasteiger partial charge >= 0.3 is 0 Å². The fraction of sp³-hybridized carbons (Fsp3) is 0.174. The first-order chi connectivity index (χ1) is 14.5. The molecule has 152 valence electrons. The van der Waals surface area contributed by atoms with Crippen molar-refractivity contribution in [2.45, 2.75) is 19.9 Å². The summed E-state index contributed by atoms with van der Waals surface area (Å²) in [6.07, 6.45) is 2.18. The number of benzene rings is 2. The SMILES string of the molecule is Cc1ccccc1CCNC(=O)Cn1cnc2cc(-c3ccc(Cl)cc3)sc2c1=O. The summed E-state index contributed by atoms with van der Waals surface area (Å²) in [5, 5.41) is 3.54. The molecular formula is C23H20ClN3O2S. The molecule has 0 radical (unpaired) electrons. The second-order valence-corrected chi connectivity index (χ2v) is 8.52. The number of rotatable bonds is 6. The quantitative estimate of drug-likeness (QED) is 0.484. The van der Waals surface area contributed by atoms with Crippen molar-refractivity contribution in [2.24, 2.45) is 0 Å². The predicted octanol–water partition coefficient (Wildman–Crippen LogP) is 4.45. The van der Waals surface area contributed by atoms with Crippen molar-refractivity contribution >= 4 is 39.1 Å². The molecule has 0 saturated carbocycles. The Morgan fingerprint density at radius 1 is 1.17 bits per heavy atom. The first-order valence-corrected chi connectivity index (χ1v) is 10.8. The minimum atomic E-state index is -0.209. The average molecular weight is 438 g/mol. The van der Waals surface area contributed by atoms with E-state index >= 15 is 0 Å². The number of hydrogen-bond donors (Lipinski definition) is 1. The molecule has 0 atom stereocenters. The Kier molecular flexibility index (Phi) is 5.97. The smallest absolute Gasteiger partial charge is 0.271 e. The molecule has 2 heterocycles. The molecule has 1 amide bonds. The van der Waals surface area contributed by atoms with E-state index in [1.807, 2.05) is 42.5 Å². The second-order valence-electron chi connectivity index (χ2n) is 7.04. The molecule has 2 aromatic carbocycles. The third-order valence-electron chi connectivity index (χ3n) is 4.92. The zero-order chi connectivity index (χ0) is 21.1. The summed E-state index contributed by atoms with van der Waals surface area (Å²) in [4.78, 5) is 30.5. The Labute approximate surface area is 183 Å². The van der Waals surface area contributed by atoms with E-state index in [9.17, 15) is 9.59 Å². The number of amides is 1. The van der Waals surface area contributed by atoms with Crippen LogP contribution in [0.15, 0.2) is 65.7 Å². The number of fused-ring (bicyclic) bond motifs is 1. The van der Waals surface area contributed by atoms with Gasteiger partial charge in [-0.05, 0) is 48.2 Å². The van der Waals surface area contributed by atoms with Crippen molar-refractivity contribution in [2.75, 3.05) is 6.54 Å². The normalized spacial score (nSPS) is 11.0. The van der Waals surface area contributed by atoms with Gasteiger partial charge in [0.2, 0.25) is 5.91 Å². The molecule has 0 fully saturated rings. The Bertz CT molecular complexity index is 1260. The highest BCUT2D eigenvalue weighted by Gasteiger charge is 2.12. The Hall–Kier alpha value is -2.96. The third kappa shape index (κ3) is 4.45. The Morgan fingerprint density at radius 3 is 2.70 bits per heavy atom. The van der Waals surface area contributed by atoms with Crippen LogP contribution in [0.2, 0.25) is 5.02 Å². The number of halogens is 1. The Balaban J connectivity index is 1.45. The molecule has 30 heavy (non-hydrogen) atoms. The van der Waals surface area contributed by atoms with Gasteiger partial charge in [-0.2, -0.15) is 0 Å². The van der Waals surface area contributed by atoms with Gasteiger partial charge in [-0.3, -0.25) is 14.2 Å². The zero-order valence-electron chi connectivity index (χ0n) is 16.4. The Morgan fingerprint density at radius 2 is 1.93 bits per heavy atom. The van der Waals surface area contributed by atoms with E-state index < -0.39 is 0 Å². The van der Waals surface area contributed by atoms with E-state index in [-0.39, 0.29) is 18.0 Å². The number of hydrogen-bond acceptors (Lipinski definition) is 4. The number of carbonyl (C=O) groups is 1. The van der Waals surface area contributed by atoms with Crippen LogP contribution >= 0.6 is 22.9 Å². The minimum absolute atomic E-state index is 0.0519. The second kappa shape index (κ2) is 8.81. The summed E-state index contributed by atoms with van der Waals surface area (Å²) in [6.45, 7) is 2.52. The van der Waals surface area contributed by atoms with Crippen LogP contribution in [-0.2, 0) is 17.8 Å². The van der Waals surface area contributed by atoms with Gasteiger partial charge in [-0.1, -0.05) is 48.0 Å². The van der Waals surface area contributed by atoms with Crippen LogP contribution in [0.25, 0.3) is 20.7 Å². The molecular weight excluding hydrogens is 418 g/mol. The van der Waals surface area contributed by atoms with Gasteiger partial charge in [-0.15, -0.1) is 11.3 Å². The molecule has 4 aromatic rings. The molecule has 0 unspecified atom stereocenters. The molecule has 2 aromatic heterocycles. The molecule has 0 aliphatic rings. The summed E-state index contributed by atoms with van der Waals surface area (Å²) in [5.74, 6) is -0.207. The first kappa shape index (κ1) is 20.3. The molecule has 1 N–H and O–H groups in total. The lowest BCUT2D eigenvalue weighted by atomic mass is 10.1. The molecule has 0 aliphatic heterocycles. The highest BCUT2D eigenvalue weighted by molar-refractivity contribution is 7.22. The molecule has 0 spiro atoms. The lowest BCUT2D eigenvalue weighted by Crippen LogP contribution is -2.33. The minimum Gasteiger partial charge on any atom is -0.354 e. The number of aryl methyl sites for hydroxylation is 1. The first-order valence-electron chi connectivity index (χ1n) is 9.57. The van der Waals surface area contributed by atoms with Crippen LogP contribution in [0.3, 0.4) is 0 Å². The molecule has 0 saturated heterocycles. The van der Waals surface area contributed by atoms with Crippen LogP contribution in [-0.4, -0.2) is 22.0 Å². The van der Waals surface area contributed by atoms with Crippen molar-refractivity contribution in [3.05, 3.63) is 87.4 Å². The number of nitrogens with one attached hydrogen (secondary N) is 1. The van der Waals surface area contributed by atoms with Crippen LogP contribution < -0.4 is 10.9 Å².